The molecule has 1 aliphatic heterocycles. The lowest BCUT2D eigenvalue weighted by molar-refractivity contribution is 0.377. The highest BCUT2D eigenvalue weighted by Gasteiger charge is 2.22. The molecule has 0 saturated heterocycles. The number of rotatable bonds is 2. The molecule has 19 heavy (non-hydrogen) atoms. The van der Waals surface area contributed by atoms with Crippen LogP contribution < -0.4 is 5.12 Å². The van der Waals surface area contributed by atoms with Crippen molar-refractivity contribution in [1.82, 2.24) is 5.01 Å². The molecule has 3 heteroatoms. The van der Waals surface area contributed by atoms with Gasteiger partial charge in [-0.05, 0) is 24.6 Å². The Morgan fingerprint density at radius 3 is 2.32 bits per heavy atom. The van der Waals surface area contributed by atoms with Gasteiger partial charge in [0.1, 0.15) is 0 Å². The Bertz CT molecular complexity index is 587. The third-order valence-electron chi connectivity index (χ3n) is 3.29. The van der Waals surface area contributed by atoms with Crippen LogP contribution in [0.15, 0.2) is 59.7 Å². The predicted molar refractivity (Wildman–Crippen MR) is 79.3 cm³/mol. The van der Waals surface area contributed by atoms with Crippen molar-refractivity contribution in [3.63, 3.8) is 0 Å². The highest BCUT2D eigenvalue weighted by Crippen LogP contribution is 2.21. The van der Waals surface area contributed by atoms with Crippen LogP contribution in [0.1, 0.15) is 11.1 Å². The van der Waals surface area contributed by atoms with E-state index in [9.17, 15) is 0 Å². The molecule has 0 unspecified atom stereocenters. The Labute approximate surface area is 113 Å². The first-order valence-electron chi connectivity index (χ1n) is 6.45. The monoisotopic (exact) mass is 251 g/mol. The van der Waals surface area contributed by atoms with E-state index in [1.165, 1.54) is 11.1 Å². The van der Waals surface area contributed by atoms with Gasteiger partial charge < -0.3 is 0 Å². The van der Waals surface area contributed by atoms with Gasteiger partial charge in [0, 0.05) is 7.05 Å². The van der Waals surface area contributed by atoms with Gasteiger partial charge in [-0.1, -0.05) is 48.0 Å². The Hall–Kier alpha value is -2.13. The molecular formula is C16H17N3. The Morgan fingerprint density at radius 2 is 1.63 bits per heavy atom. The number of para-hydroxylation sites is 1. The second-order valence-electron chi connectivity index (χ2n) is 4.85. The van der Waals surface area contributed by atoms with Crippen molar-refractivity contribution in [1.29, 1.82) is 0 Å². The number of hydrazine groups is 1. The van der Waals surface area contributed by atoms with Crippen LogP contribution in [-0.4, -0.2) is 24.3 Å². The first kappa shape index (κ1) is 11.9. The Balaban J connectivity index is 1.91. The van der Waals surface area contributed by atoms with E-state index in [2.05, 4.69) is 55.4 Å². The fourth-order valence-corrected chi connectivity index (χ4v) is 2.22. The van der Waals surface area contributed by atoms with Gasteiger partial charge in [-0.3, -0.25) is 0 Å². The first-order valence-corrected chi connectivity index (χ1v) is 6.45. The molecule has 0 aliphatic carbocycles. The topological polar surface area (TPSA) is 18.8 Å². The highest BCUT2D eigenvalue weighted by molar-refractivity contribution is 6.03. The van der Waals surface area contributed by atoms with Gasteiger partial charge in [0.15, 0.2) is 0 Å². The number of aryl methyl sites for hydroxylation is 1. The van der Waals surface area contributed by atoms with Gasteiger partial charge >= 0.3 is 0 Å². The van der Waals surface area contributed by atoms with Crippen LogP contribution in [0.4, 0.5) is 5.69 Å². The Kier molecular flexibility index (Phi) is 3.05. The summed E-state index contributed by atoms with van der Waals surface area (Å²) in [5.41, 5.74) is 4.66. The van der Waals surface area contributed by atoms with E-state index in [0.29, 0.717) is 0 Å². The average molecular weight is 251 g/mol. The van der Waals surface area contributed by atoms with Crippen molar-refractivity contribution in [3.05, 3.63) is 65.7 Å². The van der Waals surface area contributed by atoms with E-state index in [0.717, 1.165) is 17.9 Å². The number of hydrogen-bond donors (Lipinski definition) is 0. The molecule has 3 rings (SSSR count). The van der Waals surface area contributed by atoms with Crippen LogP contribution >= 0.6 is 0 Å². The largest absolute Gasteiger partial charge is 0.197 e. The highest BCUT2D eigenvalue weighted by atomic mass is 15.8. The zero-order valence-corrected chi connectivity index (χ0v) is 11.2. The predicted octanol–water partition coefficient (Wildman–Crippen LogP) is 3.07. The number of hydrazone groups is 1. The summed E-state index contributed by atoms with van der Waals surface area (Å²) in [6.07, 6.45) is 0. The van der Waals surface area contributed by atoms with Gasteiger partial charge in [-0.2, -0.15) is 15.2 Å². The number of nitrogens with zero attached hydrogens (tertiary/aromatic N) is 3. The molecule has 0 radical (unpaired) electrons. The Morgan fingerprint density at radius 1 is 0.947 bits per heavy atom. The normalized spacial score (nSPS) is 15.7. The summed E-state index contributed by atoms with van der Waals surface area (Å²) in [5.74, 6) is 0. The zero-order chi connectivity index (χ0) is 13.2. The van der Waals surface area contributed by atoms with E-state index in [4.69, 9.17) is 5.10 Å². The zero-order valence-electron chi connectivity index (χ0n) is 11.2. The number of likely N-dealkylation sites (N-methyl/N-ethyl adjacent to an activating group) is 1. The number of anilines is 1. The van der Waals surface area contributed by atoms with Gasteiger partial charge in [0.05, 0.1) is 17.9 Å². The summed E-state index contributed by atoms with van der Waals surface area (Å²) in [7, 11) is 2.05. The maximum atomic E-state index is 4.72. The van der Waals surface area contributed by atoms with Crippen molar-refractivity contribution >= 4 is 11.4 Å². The maximum Gasteiger partial charge on any atom is 0.0857 e. The molecule has 0 amide bonds. The third-order valence-corrected chi connectivity index (χ3v) is 3.29. The molecule has 1 heterocycles. The lowest BCUT2D eigenvalue weighted by atomic mass is 10.1. The standard InChI is InChI=1S/C16H17N3/c1-13-8-10-14(11-9-13)16-12-18(2)19(17-16)15-6-4-3-5-7-15/h3-11H,12H2,1-2H3. The quantitative estimate of drug-likeness (QED) is 0.817. The molecule has 0 spiro atoms. The van der Waals surface area contributed by atoms with E-state index in [1.807, 2.05) is 23.3 Å². The maximum absolute atomic E-state index is 4.72. The van der Waals surface area contributed by atoms with E-state index < -0.39 is 0 Å². The molecule has 0 aromatic heterocycles. The second kappa shape index (κ2) is 4.86. The van der Waals surface area contributed by atoms with Crippen LogP contribution in [0.25, 0.3) is 0 Å². The molecular weight excluding hydrogens is 234 g/mol. The third kappa shape index (κ3) is 2.37. The molecule has 3 nitrogen and oxygen atoms in total. The van der Waals surface area contributed by atoms with Crippen LogP contribution in [0, 0.1) is 6.92 Å². The van der Waals surface area contributed by atoms with Crippen molar-refractivity contribution < 1.29 is 0 Å². The van der Waals surface area contributed by atoms with E-state index in [-0.39, 0.29) is 0 Å². The summed E-state index contributed by atoms with van der Waals surface area (Å²) < 4.78 is 0. The van der Waals surface area contributed by atoms with Crippen molar-refractivity contribution in [2.24, 2.45) is 5.10 Å². The second-order valence-corrected chi connectivity index (χ2v) is 4.85. The molecule has 0 fully saturated rings. The van der Waals surface area contributed by atoms with Crippen LogP contribution in [0.2, 0.25) is 0 Å². The minimum absolute atomic E-state index is 0.831. The fourth-order valence-electron chi connectivity index (χ4n) is 2.22. The van der Waals surface area contributed by atoms with E-state index >= 15 is 0 Å². The molecule has 0 saturated carbocycles. The van der Waals surface area contributed by atoms with Crippen molar-refractivity contribution in [3.8, 4) is 0 Å². The van der Waals surface area contributed by atoms with Gasteiger partial charge in [-0.25, -0.2) is 0 Å². The van der Waals surface area contributed by atoms with Crippen LogP contribution in [0.3, 0.4) is 0 Å². The van der Waals surface area contributed by atoms with Crippen LogP contribution in [-0.2, 0) is 0 Å². The summed E-state index contributed by atoms with van der Waals surface area (Å²) in [4.78, 5) is 0. The molecule has 2 aromatic rings. The lowest BCUT2D eigenvalue weighted by Crippen LogP contribution is -2.31. The summed E-state index contributed by atoms with van der Waals surface area (Å²) in [5, 5.41) is 8.78. The molecule has 2 aromatic carbocycles. The molecule has 0 atom stereocenters. The van der Waals surface area contributed by atoms with Crippen molar-refractivity contribution in [2.45, 2.75) is 6.92 Å². The molecule has 96 valence electrons. The molecule has 0 N–H and O–H groups in total. The molecule has 1 aliphatic rings. The minimum atomic E-state index is 0.831. The average Bonchev–Trinajstić information content (AvgIpc) is 2.83. The minimum Gasteiger partial charge on any atom is -0.197 e. The van der Waals surface area contributed by atoms with Gasteiger partial charge in [0.25, 0.3) is 0 Å². The van der Waals surface area contributed by atoms with Gasteiger partial charge in [-0.15, -0.1) is 0 Å². The molecule has 0 bridgehead atoms. The number of hydrogen-bond acceptors (Lipinski definition) is 3. The fraction of sp³-hybridized carbons (Fsp3) is 0.188. The first-order chi connectivity index (χ1) is 9.24. The summed E-state index contributed by atoms with van der Waals surface area (Å²) >= 11 is 0. The van der Waals surface area contributed by atoms with Crippen molar-refractivity contribution in [2.75, 3.05) is 18.7 Å². The van der Waals surface area contributed by atoms with E-state index in [1.54, 1.807) is 0 Å². The summed E-state index contributed by atoms with van der Waals surface area (Å²) in [6.45, 7) is 2.93. The summed E-state index contributed by atoms with van der Waals surface area (Å²) in [6, 6.07) is 18.7. The lowest BCUT2D eigenvalue weighted by Gasteiger charge is -2.22. The smallest absolute Gasteiger partial charge is 0.0857 e. The van der Waals surface area contributed by atoms with Gasteiger partial charge in [0.2, 0.25) is 0 Å². The van der Waals surface area contributed by atoms with Crippen LogP contribution in [0.5, 0.6) is 0 Å². The SMILES string of the molecule is Cc1ccc(C2=NN(c3ccccc3)N(C)C2)cc1. The number of benzene rings is 2.